The third-order valence-corrected chi connectivity index (χ3v) is 2.67. The molecule has 0 fully saturated rings. The molecule has 0 aliphatic heterocycles. The Morgan fingerprint density at radius 3 is 2.40 bits per heavy atom. The Balaban J connectivity index is 0.000000796. The second kappa shape index (κ2) is 8.76. The van der Waals surface area contributed by atoms with Gasteiger partial charge < -0.3 is 16.0 Å². The topological polar surface area (TPSA) is 88.5 Å². The van der Waals surface area contributed by atoms with E-state index >= 15 is 0 Å². The summed E-state index contributed by atoms with van der Waals surface area (Å²) < 4.78 is 0.652. The molecule has 0 bridgehead atoms. The van der Waals surface area contributed by atoms with Crippen LogP contribution in [0.4, 0.5) is 0 Å². The molecule has 1 unspecified atom stereocenters. The number of hydrogen-bond acceptors (Lipinski definition) is 4. The molecule has 0 aliphatic carbocycles. The molecule has 116 valence electrons. The van der Waals surface area contributed by atoms with Gasteiger partial charge in [-0.25, -0.2) is 0 Å². The van der Waals surface area contributed by atoms with Gasteiger partial charge in [-0.3, -0.25) is 4.79 Å². The molecule has 5 heteroatoms. The van der Waals surface area contributed by atoms with Crippen LogP contribution in [0.3, 0.4) is 0 Å². The van der Waals surface area contributed by atoms with Gasteiger partial charge in [0.15, 0.2) is 0 Å². The first kappa shape index (κ1) is 18.7. The third kappa shape index (κ3) is 7.96. The molecule has 1 rings (SSSR count). The van der Waals surface area contributed by atoms with E-state index in [0.29, 0.717) is 22.8 Å². The number of aromatic nitrogens is 1. The molecule has 4 N–H and O–H groups in total. The summed E-state index contributed by atoms with van der Waals surface area (Å²) in [7, 11) is 0. The van der Waals surface area contributed by atoms with E-state index < -0.39 is 0 Å². The van der Waals surface area contributed by atoms with E-state index in [2.05, 4.69) is 27.7 Å². The second-order valence-corrected chi connectivity index (χ2v) is 6.27. The Kier molecular flexibility index (Phi) is 8.18. The van der Waals surface area contributed by atoms with Crippen LogP contribution in [0, 0.1) is 11.3 Å². The van der Waals surface area contributed by atoms with Crippen molar-refractivity contribution in [3.63, 3.8) is 0 Å². The standard InChI is InChI=1S/C13H21NO2.C2H7NO/c1-10(9-13(2,3)4)8-11-6-5-7-14(16)12(11)15;3-1-2-4/h5-7,10,16H,8-9H2,1-4H3;4H,1-3H2. The van der Waals surface area contributed by atoms with E-state index in [1.54, 1.807) is 12.1 Å². The smallest absolute Gasteiger partial charge is 0.285 e. The highest BCUT2D eigenvalue weighted by Gasteiger charge is 2.16. The zero-order valence-electron chi connectivity index (χ0n) is 13.0. The maximum absolute atomic E-state index is 11.6. The van der Waals surface area contributed by atoms with Crippen LogP contribution in [0.15, 0.2) is 23.1 Å². The van der Waals surface area contributed by atoms with Crippen molar-refractivity contribution >= 4 is 0 Å². The first-order valence-electron chi connectivity index (χ1n) is 6.92. The predicted octanol–water partition coefficient (Wildman–Crippen LogP) is 1.64. The van der Waals surface area contributed by atoms with Crippen LogP contribution < -0.4 is 11.3 Å². The largest absolute Gasteiger partial charge is 0.425 e. The maximum Gasteiger partial charge on any atom is 0.285 e. The predicted molar refractivity (Wildman–Crippen MR) is 81.0 cm³/mol. The molecule has 0 saturated heterocycles. The summed E-state index contributed by atoms with van der Waals surface area (Å²) in [6.07, 6.45) is 3.14. The van der Waals surface area contributed by atoms with Gasteiger partial charge in [0.2, 0.25) is 0 Å². The fraction of sp³-hybridized carbons (Fsp3) is 0.667. The molecule has 1 aromatic rings. The van der Waals surface area contributed by atoms with Crippen LogP contribution in [0.1, 0.15) is 39.7 Å². The van der Waals surface area contributed by atoms with Crippen molar-refractivity contribution < 1.29 is 10.3 Å². The summed E-state index contributed by atoms with van der Waals surface area (Å²) in [5.74, 6) is 0.440. The Bertz CT molecular complexity index is 433. The van der Waals surface area contributed by atoms with Crippen LogP contribution in [0.2, 0.25) is 0 Å². The molecule has 1 atom stereocenters. The van der Waals surface area contributed by atoms with E-state index in [-0.39, 0.29) is 17.6 Å². The molecule has 1 aromatic heterocycles. The third-order valence-electron chi connectivity index (χ3n) is 2.67. The highest BCUT2D eigenvalue weighted by atomic mass is 16.5. The van der Waals surface area contributed by atoms with Crippen molar-refractivity contribution in [2.45, 2.75) is 40.5 Å². The Labute approximate surface area is 121 Å². The summed E-state index contributed by atoms with van der Waals surface area (Å²) >= 11 is 0. The lowest BCUT2D eigenvalue weighted by Gasteiger charge is -2.23. The molecule has 20 heavy (non-hydrogen) atoms. The lowest BCUT2D eigenvalue weighted by molar-refractivity contribution is 0.173. The first-order chi connectivity index (χ1) is 9.21. The van der Waals surface area contributed by atoms with Crippen molar-refractivity contribution in [1.29, 1.82) is 0 Å². The minimum absolute atomic E-state index is 0.0972. The summed E-state index contributed by atoms with van der Waals surface area (Å²) in [6, 6.07) is 3.48. The molecular weight excluding hydrogens is 256 g/mol. The van der Waals surface area contributed by atoms with E-state index in [1.807, 2.05) is 0 Å². The van der Waals surface area contributed by atoms with Crippen LogP contribution in [0.25, 0.3) is 0 Å². The number of rotatable bonds is 4. The fourth-order valence-electron chi connectivity index (χ4n) is 2.18. The van der Waals surface area contributed by atoms with Crippen LogP contribution in [-0.2, 0) is 6.42 Å². The Hall–Kier alpha value is -1.33. The summed E-state index contributed by atoms with van der Waals surface area (Å²) in [5, 5.41) is 17.0. The van der Waals surface area contributed by atoms with Crippen LogP contribution in [-0.4, -0.2) is 28.2 Å². The van der Waals surface area contributed by atoms with Gasteiger partial charge in [0.25, 0.3) is 5.56 Å². The molecule has 0 aliphatic rings. The monoisotopic (exact) mass is 284 g/mol. The second-order valence-electron chi connectivity index (χ2n) is 6.27. The molecule has 0 radical (unpaired) electrons. The molecule has 0 amide bonds. The summed E-state index contributed by atoms with van der Waals surface area (Å²) in [4.78, 5) is 11.6. The van der Waals surface area contributed by atoms with Gasteiger partial charge in [0.1, 0.15) is 0 Å². The molecule has 5 nitrogen and oxygen atoms in total. The van der Waals surface area contributed by atoms with E-state index in [0.717, 1.165) is 12.8 Å². The molecular formula is C15H28N2O3. The quantitative estimate of drug-likeness (QED) is 0.733. The van der Waals surface area contributed by atoms with Gasteiger partial charge in [-0.1, -0.05) is 33.8 Å². The first-order valence-corrected chi connectivity index (χ1v) is 6.92. The van der Waals surface area contributed by atoms with Crippen molar-refractivity contribution in [3.8, 4) is 0 Å². The molecule has 0 spiro atoms. The normalized spacial score (nSPS) is 12.5. The zero-order valence-corrected chi connectivity index (χ0v) is 13.0. The number of nitrogens with two attached hydrogens (primary N) is 1. The van der Waals surface area contributed by atoms with E-state index in [1.165, 1.54) is 6.20 Å². The van der Waals surface area contributed by atoms with E-state index in [4.69, 9.17) is 10.8 Å². The average Bonchev–Trinajstić information content (AvgIpc) is 2.33. The highest BCUT2D eigenvalue weighted by molar-refractivity contribution is 5.10. The zero-order chi connectivity index (χ0) is 15.8. The Morgan fingerprint density at radius 2 is 1.95 bits per heavy atom. The van der Waals surface area contributed by atoms with Gasteiger partial charge in [-0.05, 0) is 30.2 Å². The van der Waals surface area contributed by atoms with Crippen molar-refractivity contribution in [1.82, 2.24) is 4.73 Å². The number of hydrogen-bond donors (Lipinski definition) is 3. The SMILES string of the molecule is CC(Cc1cccn(O)c1=O)CC(C)(C)C.NCCO. The summed E-state index contributed by atoms with van der Waals surface area (Å²) in [6.45, 7) is 9.19. The van der Waals surface area contributed by atoms with Gasteiger partial charge in [-0.15, -0.1) is 0 Å². The fourth-order valence-corrected chi connectivity index (χ4v) is 2.18. The average molecular weight is 284 g/mol. The van der Waals surface area contributed by atoms with Gasteiger partial charge in [0.05, 0.1) is 6.61 Å². The van der Waals surface area contributed by atoms with Gasteiger partial charge >= 0.3 is 0 Å². The molecule has 0 aromatic carbocycles. The lowest BCUT2D eigenvalue weighted by atomic mass is 9.83. The lowest BCUT2D eigenvalue weighted by Crippen LogP contribution is -2.23. The van der Waals surface area contributed by atoms with Crippen molar-refractivity contribution in [2.75, 3.05) is 13.2 Å². The van der Waals surface area contributed by atoms with Crippen molar-refractivity contribution in [3.05, 3.63) is 34.2 Å². The number of aliphatic hydroxyl groups excluding tert-OH is 1. The highest BCUT2D eigenvalue weighted by Crippen LogP contribution is 2.25. The van der Waals surface area contributed by atoms with E-state index in [9.17, 15) is 10.0 Å². The van der Waals surface area contributed by atoms with Crippen LogP contribution >= 0.6 is 0 Å². The van der Waals surface area contributed by atoms with Crippen LogP contribution in [0.5, 0.6) is 0 Å². The molecule has 0 saturated carbocycles. The van der Waals surface area contributed by atoms with Crippen molar-refractivity contribution in [2.24, 2.45) is 17.1 Å². The van der Waals surface area contributed by atoms with Gasteiger partial charge in [0, 0.05) is 18.3 Å². The minimum Gasteiger partial charge on any atom is -0.425 e. The summed E-state index contributed by atoms with van der Waals surface area (Å²) in [5.41, 5.74) is 5.43. The maximum atomic E-state index is 11.6. The Morgan fingerprint density at radius 1 is 1.40 bits per heavy atom. The molecule has 1 heterocycles. The minimum atomic E-state index is -0.303. The van der Waals surface area contributed by atoms with Gasteiger partial charge in [-0.2, -0.15) is 4.73 Å². The number of nitrogens with zero attached hydrogens (tertiary/aromatic N) is 1. The number of pyridine rings is 1. The number of aliphatic hydroxyl groups is 1.